The van der Waals surface area contributed by atoms with E-state index >= 15 is 0 Å². The zero-order valence-electron chi connectivity index (χ0n) is 19.5. The molecular formula is C23H26F3N7O2. The van der Waals surface area contributed by atoms with Gasteiger partial charge in [-0.25, -0.2) is 9.67 Å². The van der Waals surface area contributed by atoms with Crippen molar-refractivity contribution in [2.24, 2.45) is 0 Å². The van der Waals surface area contributed by atoms with Gasteiger partial charge in [0.25, 0.3) is 0 Å². The first kappa shape index (κ1) is 23.3. The molecule has 1 amide bonds. The lowest BCUT2D eigenvalue weighted by atomic mass is 9.99. The Morgan fingerprint density at radius 1 is 1.14 bits per heavy atom. The summed E-state index contributed by atoms with van der Waals surface area (Å²) in [4.78, 5) is 23.7. The van der Waals surface area contributed by atoms with Crippen molar-refractivity contribution in [1.29, 1.82) is 0 Å². The van der Waals surface area contributed by atoms with Crippen molar-refractivity contribution in [3.05, 3.63) is 35.7 Å². The Hall–Kier alpha value is -3.41. The third kappa shape index (κ3) is 4.62. The van der Waals surface area contributed by atoms with Crippen molar-refractivity contribution in [3.63, 3.8) is 0 Å². The molecule has 0 spiro atoms. The highest BCUT2D eigenvalue weighted by molar-refractivity contribution is 5.82. The highest BCUT2D eigenvalue weighted by Crippen LogP contribution is 2.33. The normalized spacial score (nSPS) is 17.5. The summed E-state index contributed by atoms with van der Waals surface area (Å²) in [5.74, 6) is -0.723. The number of fused-ring (bicyclic) bond motifs is 2. The van der Waals surface area contributed by atoms with Gasteiger partial charge < -0.3 is 19.9 Å². The molecule has 5 rings (SSSR count). The molecule has 3 aromatic rings. The number of piperidine rings is 1. The second-order valence-corrected chi connectivity index (χ2v) is 9.02. The zero-order chi connectivity index (χ0) is 24.7. The van der Waals surface area contributed by atoms with Crippen molar-refractivity contribution in [2.45, 2.75) is 38.0 Å². The minimum Gasteiger partial charge on any atom is -0.495 e. The number of nitrogens with one attached hydrogen (secondary N) is 1. The number of nitrogens with zero attached hydrogens (tertiary/aromatic N) is 6. The quantitative estimate of drug-likeness (QED) is 0.602. The largest absolute Gasteiger partial charge is 0.495 e. The first-order valence-corrected chi connectivity index (χ1v) is 11.4. The first-order valence-electron chi connectivity index (χ1n) is 11.4. The van der Waals surface area contributed by atoms with E-state index in [9.17, 15) is 18.0 Å². The molecule has 12 heteroatoms. The maximum atomic E-state index is 12.8. The molecule has 0 radical (unpaired) electrons. The number of methoxy groups -OCH3 is 1. The van der Waals surface area contributed by atoms with E-state index in [1.807, 2.05) is 6.07 Å². The molecular weight excluding hydrogens is 463 g/mol. The predicted molar refractivity (Wildman–Crippen MR) is 123 cm³/mol. The molecule has 2 aliphatic rings. The van der Waals surface area contributed by atoms with E-state index in [1.54, 1.807) is 24.2 Å². The second-order valence-electron chi connectivity index (χ2n) is 9.02. The molecule has 2 aromatic heterocycles. The van der Waals surface area contributed by atoms with E-state index in [4.69, 9.17) is 4.74 Å². The van der Waals surface area contributed by atoms with Gasteiger partial charge in [-0.1, -0.05) is 0 Å². The van der Waals surface area contributed by atoms with Crippen LogP contribution in [0.15, 0.2) is 24.5 Å². The number of hydrogen-bond donors (Lipinski definition) is 1. The third-order valence-corrected chi connectivity index (χ3v) is 6.65. The van der Waals surface area contributed by atoms with Gasteiger partial charge in [-0.3, -0.25) is 4.79 Å². The summed E-state index contributed by atoms with van der Waals surface area (Å²) in [5, 5.41) is 8.40. The monoisotopic (exact) mass is 489 g/mol. The highest BCUT2D eigenvalue weighted by Gasteiger charge is 2.43. The fourth-order valence-electron chi connectivity index (χ4n) is 4.77. The van der Waals surface area contributed by atoms with Crippen LogP contribution in [0.5, 0.6) is 5.75 Å². The van der Waals surface area contributed by atoms with E-state index in [0.717, 1.165) is 35.5 Å². The molecule has 0 unspecified atom stereocenters. The maximum absolute atomic E-state index is 12.8. The second kappa shape index (κ2) is 8.99. The van der Waals surface area contributed by atoms with Gasteiger partial charge in [0.2, 0.25) is 5.95 Å². The average Bonchev–Trinajstić information content (AvgIpc) is 3.26. The van der Waals surface area contributed by atoms with Crippen molar-refractivity contribution in [3.8, 4) is 5.75 Å². The number of rotatable bonds is 4. The molecule has 0 bridgehead atoms. The number of anilines is 2. The van der Waals surface area contributed by atoms with Crippen LogP contribution in [-0.2, 0) is 17.8 Å². The lowest BCUT2D eigenvalue weighted by Gasteiger charge is -2.32. The van der Waals surface area contributed by atoms with E-state index in [2.05, 4.69) is 38.4 Å². The van der Waals surface area contributed by atoms with E-state index in [1.165, 1.54) is 11.1 Å². The predicted octanol–water partition coefficient (Wildman–Crippen LogP) is 3.29. The molecule has 1 N–H and O–H groups in total. The highest BCUT2D eigenvalue weighted by atomic mass is 19.4. The van der Waals surface area contributed by atoms with Gasteiger partial charge in [0.15, 0.2) is 5.65 Å². The van der Waals surface area contributed by atoms with Gasteiger partial charge in [-0.2, -0.15) is 23.3 Å². The van der Waals surface area contributed by atoms with Crippen molar-refractivity contribution < 1.29 is 22.7 Å². The summed E-state index contributed by atoms with van der Waals surface area (Å²) in [7, 11) is 3.71. The van der Waals surface area contributed by atoms with Crippen molar-refractivity contribution in [1.82, 2.24) is 29.5 Å². The van der Waals surface area contributed by atoms with E-state index < -0.39 is 12.1 Å². The van der Waals surface area contributed by atoms with Crippen molar-refractivity contribution in [2.75, 3.05) is 39.1 Å². The van der Waals surface area contributed by atoms with Gasteiger partial charge in [0, 0.05) is 32.4 Å². The minimum absolute atomic E-state index is 0.0152. The lowest BCUT2D eigenvalue weighted by molar-refractivity contribution is -0.186. The van der Waals surface area contributed by atoms with Crippen LogP contribution >= 0.6 is 0 Å². The van der Waals surface area contributed by atoms with Crippen molar-refractivity contribution >= 4 is 28.6 Å². The molecule has 4 heterocycles. The standard InChI is InChI=1S/C23H26F3N7O2/c1-31-6-3-14-10-19(35-2)18(9-15(14)13-31)29-22-27-11-16-12-28-33(20(16)30-22)17-4-7-32(8-5-17)21(34)23(24,25)26/h9-12,17H,3-8,13H2,1-2H3,(H,27,29,30). The number of halogens is 3. The Balaban J connectivity index is 1.37. The first-order chi connectivity index (χ1) is 16.7. The number of benzene rings is 1. The Bertz CT molecular complexity index is 1250. The Morgan fingerprint density at radius 2 is 1.91 bits per heavy atom. The number of alkyl halides is 3. The number of ether oxygens (including phenoxy) is 1. The van der Waals surface area contributed by atoms with Gasteiger partial charge in [-0.15, -0.1) is 0 Å². The number of carbonyl (C=O) groups excluding carboxylic acids is 1. The topological polar surface area (TPSA) is 88.4 Å². The van der Waals surface area contributed by atoms with Crippen LogP contribution < -0.4 is 10.1 Å². The zero-order valence-corrected chi connectivity index (χ0v) is 19.5. The molecule has 0 saturated carbocycles. The lowest BCUT2D eigenvalue weighted by Crippen LogP contribution is -2.45. The van der Waals surface area contributed by atoms with Crippen LogP contribution in [-0.4, -0.2) is 75.4 Å². The fourth-order valence-corrected chi connectivity index (χ4v) is 4.77. The average molecular weight is 490 g/mol. The molecule has 0 atom stereocenters. The number of aromatic nitrogens is 4. The summed E-state index contributed by atoms with van der Waals surface area (Å²) in [6.45, 7) is 1.87. The number of likely N-dealkylation sites (N-methyl/N-ethyl adjacent to an activating group) is 1. The van der Waals surface area contributed by atoms with Crippen LogP contribution in [0.25, 0.3) is 11.0 Å². The summed E-state index contributed by atoms with van der Waals surface area (Å²) in [5.41, 5.74) is 3.81. The SMILES string of the molecule is COc1cc2c(cc1Nc1ncc3cnn(C4CCN(C(=O)C(F)(F)F)CC4)c3n1)CN(C)CC2. The van der Waals surface area contributed by atoms with E-state index in [-0.39, 0.29) is 19.1 Å². The van der Waals surface area contributed by atoms with Crippen LogP contribution in [0.1, 0.15) is 30.0 Å². The Labute approximate surface area is 199 Å². The maximum Gasteiger partial charge on any atom is 0.471 e. The van der Waals surface area contributed by atoms with Crippen LogP contribution in [0.3, 0.4) is 0 Å². The van der Waals surface area contributed by atoms with Gasteiger partial charge in [0.05, 0.1) is 30.4 Å². The molecule has 1 fully saturated rings. The van der Waals surface area contributed by atoms with Gasteiger partial charge >= 0.3 is 12.1 Å². The van der Waals surface area contributed by atoms with Gasteiger partial charge in [0.1, 0.15) is 5.75 Å². The fraction of sp³-hybridized carbons (Fsp3) is 0.478. The molecule has 1 saturated heterocycles. The number of carbonyl (C=O) groups is 1. The molecule has 35 heavy (non-hydrogen) atoms. The third-order valence-electron chi connectivity index (χ3n) is 6.65. The van der Waals surface area contributed by atoms with Crippen LogP contribution in [0.4, 0.5) is 24.8 Å². The van der Waals surface area contributed by atoms with Crippen LogP contribution in [0, 0.1) is 0 Å². The summed E-state index contributed by atoms with van der Waals surface area (Å²) in [6.07, 6.45) is 0.121. The molecule has 9 nitrogen and oxygen atoms in total. The summed E-state index contributed by atoms with van der Waals surface area (Å²) < 4.78 is 45.6. The number of amides is 1. The Morgan fingerprint density at radius 3 is 2.63 bits per heavy atom. The Kier molecular flexibility index (Phi) is 5.99. The van der Waals surface area contributed by atoms with Crippen LogP contribution in [0.2, 0.25) is 0 Å². The molecule has 1 aromatic carbocycles. The summed E-state index contributed by atoms with van der Waals surface area (Å²) >= 11 is 0. The van der Waals surface area contributed by atoms with Gasteiger partial charge in [-0.05, 0) is 49.6 Å². The number of hydrogen-bond acceptors (Lipinski definition) is 7. The van der Waals surface area contributed by atoms with E-state index in [0.29, 0.717) is 30.2 Å². The molecule has 2 aliphatic heterocycles. The number of likely N-dealkylation sites (tertiary alicyclic amines) is 1. The minimum atomic E-state index is -4.85. The molecule has 186 valence electrons. The summed E-state index contributed by atoms with van der Waals surface area (Å²) in [6, 6.07) is 3.94. The molecule has 0 aliphatic carbocycles. The smallest absolute Gasteiger partial charge is 0.471 e.